The quantitative estimate of drug-likeness (QED) is 0.645. The summed E-state index contributed by atoms with van der Waals surface area (Å²) in [4.78, 5) is 4.39. The van der Waals surface area contributed by atoms with Gasteiger partial charge in [0.05, 0.1) is 12.0 Å². The predicted molar refractivity (Wildman–Crippen MR) is 64.1 cm³/mol. The van der Waals surface area contributed by atoms with Gasteiger partial charge in [-0.1, -0.05) is 34.6 Å². The molecule has 0 aliphatic rings. The van der Waals surface area contributed by atoms with Crippen LogP contribution in [0.15, 0.2) is 29.0 Å². The first kappa shape index (κ1) is 11.8. The summed E-state index contributed by atoms with van der Waals surface area (Å²) < 4.78 is 5.31. The van der Waals surface area contributed by atoms with Crippen LogP contribution in [0.25, 0.3) is 11.0 Å². The molecule has 0 atom stereocenters. The van der Waals surface area contributed by atoms with Crippen LogP contribution in [0.2, 0.25) is 0 Å². The van der Waals surface area contributed by atoms with Gasteiger partial charge in [0.1, 0.15) is 5.58 Å². The van der Waals surface area contributed by atoms with Crippen molar-refractivity contribution < 1.29 is 4.42 Å². The highest BCUT2D eigenvalue weighted by Crippen LogP contribution is 2.28. The number of rotatable bonds is 0. The van der Waals surface area contributed by atoms with E-state index >= 15 is 0 Å². The zero-order chi connectivity index (χ0) is 11.5. The van der Waals surface area contributed by atoms with E-state index in [9.17, 15) is 0 Å². The van der Waals surface area contributed by atoms with Crippen molar-refractivity contribution in [3.05, 3.63) is 30.3 Å². The third-order valence-electron chi connectivity index (χ3n) is 2.09. The molecule has 0 saturated heterocycles. The van der Waals surface area contributed by atoms with E-state index in [1.165, 1.54) is 0 Å². The maximum Gasteiger partial charge on any atom is 0.137 e. The van der Waals surface area contributed by atoms with Crippen LogP contribution < -0.4 is 0 Å². The maximum absolute atomic E-state index is 5.31. The molecule has 0 fully saturated rings. The van der Waals surface area contributed by atoms with Crippen LogP contribution in [0, 0.1) is 0 Å². The molecular weight excluding hydrogens is 186 g/mol. The normalized spacial score (nSPS) is 11.0. The van der Waals surface area contributed by atoms with Crippen LogP contribution in [0.1, 0.15) is 40.3 Å². The fourth-order valence-corrected chi connectivity index (χ4v) is 1.49. The molecule has 2 aromatic heterocycles. The zero-order valence-corrected chi connectivity index (χ0v) is 10.2. The second kappa shape index (κ2) is 4.47. The summed E-state index contributed by atoms with van der Waals surface area (Å²) in [6.07, 6.45) is 3.51. The molecule has 15 heavy (non-hydrogen) atoms. The highest BCUT2D eigenvalue weighted by Gasteiger charge is 2.18. The fraction of sp³-hybridized carbons (Fsp3) is 0.462. The number of hydrogen-bond acceptors (Lipinski definition) is 2. The van der Waals surface area contributed by atoms with Gasteiger partial charge in [-0.25, -0.2) is 0 Å². The van der Waals surface area contributed by atoms with Gasteiger partial charge in [-0.15, -0.1) is 0 Å². The first-order chi connectivity index (χ1) is 7.09. The predicted octanol–water partition coefficient (Wildman–Crippen LogP) is 4.15. The lowest BCUT2D eigenvalue weighted by Crippen LogP contribution is -2.13. The minimum Gasteiger partial charge on any atom is -0.464 e. The van der Waals surface area contributed by atoms with Gasteiger partial charge < -0.3 is 4.42 Å². The zero-order valence-electron chi connectivity index (χ0n) is 10.2. The minimum absolute atomic E-state index is 0.0728. The Morgan fingerprint density at radius 2 is 1.80 bits per heavy atom. The minimum atomic E-state index is 0.0728. The van der Waals surface area contributed by atoms with E-state index in [-0.39, 0.29) is 5.41 Å². The lowest BCUT2D eigenvalue weighted by atomic mass is 9.90. The van der Waals surface area contributed by atoms with E-state index in [1.807, 2.05) is 26.0 Å². The van der Waals surface area contributed by atoms with Crippen molar-refractivity contribution in [1.82, 2.24) is 4.98 Å². The van der Waals surface area contributed by atoms with Crippen LogP contribution in [-0.4, -0.2) is 4.98 Å². The lowest BCUT2D eigenvalue weighted by molar-refractivity contribution is 0.573. The van der Waals surface area contributed by atoms with Crippen LogP contribution in [-0.2, 0) is 5.41 Å². The highest BCUT2D eigenvalue weighted by molar-refractivity contribution is 5.80. The van der Waals surface area contributed by atoms with Crippen molar-refractivity contribution in [2.45, 2.75) is 40.0 Å². The SMILES string of the molecule is CC.CC(C)(C)c1nccc2occc12. The molecular formula is C13H19NO. The molecule has 0 aliphatic carbocycles. The average molecular weight is 205 g/mol. The van der Waals surface area contributed by atoms with Crippen molar-refractivity contribution in [2.24, 2.45) is 0 Å². The van der Waals surface area contributed by atoms with Crippen molar-refractivity contribution >= 4 is 11.0 Å². The summed E-state index contributed by atoms with van der Waals surface area (Å²) >= 11 is 0. The number of hydrogen-bond donors (Lipinski definition) is 0. The fourth-order valence-electron chi connectivity index (χ4n) is 1.49. The van der Waals surface area contributed by atoms with Crippen molar-refractivity contribution in [2.75, 3.05) is 0 Å². The summed E-state index contributed by atoms with van der Waals surface area (Å²) in [5.41, 5.74) is 2.09. The van der Waals surface area contributed by atoms with Crippen molar-refractivity contribution in [1.29, 1.82) is 0 Å². The first-order valence-electron chi connectivity index (χ1n) is 5.42. The van der Waals surface area contributed by atoms with E-state index in [0.29, 0.717) is 0 Å². The number of pyridine rings is 1. The summed E-state index contributed by atoms with van der Waals surface area (Å²) in [5, 5.41) is 1.12. The largest absolute Gasteiger partial charge is 0.464 e. The summed E-state index contributed by atoms with van der Waals surface area (Å²) in [7, 11) is 0. The Labute approximate surface area is 91.3 Å². The summed E-state index contributed by atoms with van der Waals surface area (Å²) in [6.45, 7) is 10.5. The molecule has 0 N–H and O–H groups in total. The standard InChI is InChI=1S/C11H13NO.C2H6/c1-11(2,3)10-8-5-7-13-9(8)4-6-12-10;1-2/h4-7H,1-3H3;1-2H3. The Balaban J connectivity index is 0.000000531. The first-order valence-corrected chi connectivity index (χ1v) is 5.42. The maximum atomic E-state index is 5.31. The summed E-state index contributed by atoms with van der Waals surface area (Å²) in [5.74, 6) is 0. The van der Waals surface area contributed by atoms with Crippen LogP contribution in [0.4, 0.5) is 0 Å². The summed E-state index contributed by atoms with van der Waals surface area (Å²) in [6, 6.07) is 3.87. The smallest absolute Gasteiger partial charge is 0.137 e. The molecule has 0 bridgehead atoms. The van der Waals surface area contributed by atoms with E-state index < -0.39 is 0 Å². The van der Waals surface area contributed by atoms with Crippen LogP contribution in [0.3, 0.4) is 0 Å². The molecule has 2 heterocycles. The number of nitrogens with zero attached hydrogens (tertiary/aromatic N) is 1. The topological polar surface area (TPSA) is 26.0 Å². The van der Waals surface area contributed by atoms with E-state index in [4.69, 9.17) is 4.42 Å². The van der Waals surface area contributed by atoms with Gasteiger partial charge in [0, 0.05) is 17.0 Å². The second-order valence-electron chi connectivity index (χ2n) is 4.24. The van der Waals surface area contributed by atoms with Gasteiger partial charge in [0.15, 0.2) is 0 Å². The van der Waals surface area contributed by atoms with Crippen molar-refractivity contribution in [3.8, 4) is 0 Å². The van der Waals surface area contributed by atoms with E-state index in [1.54, 1.807) is 12.5 Å². The number of furan rings is 1. The Morgan fingerprint density at radius 3 is 2.40 bits per heavy atom. The molecule has 0 aromatic carbocycles. The molecule has 0 amide bonds. The molecule has 2 nitrogen and oxygen atoms in total. The third-order valence-corrected chi connectivity index (χ3v) is 2.09. The van der Waals surface area contributed by atoms with Crippen molar-refractivity contribution in [3.63, 3.8) is 0 Å². The van der Waals surface area contributed by atoms with E-state index in [2.05, 4.69) is 25.8 Å². The Hall–Kier alpha value is -1.31. The Morgan fingerprint density at radius 1 is 1.13 bits per heavy atom. The Bertz CT molecular complexity index is 423. The third kappa shape index (κ3) is 2.38. The number of fused-ring (bicyclic) bond motifs is 1. The van der Waals surface area contributed by atoms with Gasteiger partial charge in [-0.2, -0.15) is 0 Å². The van der Waals surface area contributed by atoms with Crippen LogP contribution >= 0.6 is 0 Å². The van der Waals surface area contributed by atoms with Gasteiger partial charge in [-0.3, -0.25) is 4.98 Å². The van der Waals surface area contributed by atoms with Gasteiger partial charge >= 0.3 is 0 Å². The average Bonchev–Trinajstić information content (AvgIpc) is 2.66. The molecule has 82 valence electrons. The highest BCUT2D eigenvalue weighted by atomic mass is 16.3. The molecule has 0 unspecified atom stereocenters. The molecule has 0 aliphatic heterocycles. The molecule has 2 aromatic rings. The monoisotopic (exact) mass is 205 g/mol. The lowest BCUT2D eigenvalue weighted by Gasteiger charge is -2.17. The van der Waals surface area contributed by atoms with Gasteiger partial charge in [0.2, 0.25) is 0 Å². The molecule has 2 rings (SSSR count). The number of aromatic nitrogens is 1. The molecule has 2 heteroatoms. The molecule has 0 saturated carbocycles. The van der Waals surface area contributed by atoms with Gasteiger partial charge in [-0.05, 0) is 12.1 Å². The van der Waals surface area contributed by atoms with Gasteiger partial charge in [0.25, 0.3) is 0 Å². The van der Waals surface area contributed by atoms with E-state index in [0.717, 1.165) is 16.7 Å². The van der Waals surface area contributed by atoms with Crippen LogP contribution in [0.5, 0.6) is 0 Å². The second-order valence-corrected chi connectivity index (χ2v) is 4.24. The molecule has 0 spiro atoms. The Kier molecular flexibility index (Phi) is 3.51. The molecule has 0 radical (unpaired) electrons.